The number of thioether (sulfide) groups is 1. The lowest BCUT2D eigenvalue weighted by atomic mass is 10.1. The fourth-order valence-corrected chi connectivity index (χ4v) is 5.09. The summed E-state index contributed by atoms with van der Waals surface area (Å²) in [5.74, 6) is 0.0158. The molecule has 0 aromatic heterocycles. The fourth-order valence-electron chi connectivity index (χ4n) is 3.13. The van der Waals surface area contributed by atoms with Crippen LogP contribution in [0, 0.1) is 0 Å². The first-order valence-electron chi connectivity index (χ1n) is 10.7. The normalized spacial score (nSPS) is 11.7. The standard InChI is InChI=1S/C25H26ClN3O4S2/c1-4-33-22-11-9-21(10-12-22)29(35(31,32)24-15-13-23(34-3)14-16-24)17-25(30)28-27-18(2)19-5-7-20(26)8-6-19/h5-16H,4,17H2,1-3H3,(H,28,30)/b27-18-. The number of nitrogens with one attached hydrogen (secondary N) is 1. The van der Waals surface area contributed by atoms with Gasteiger partial charge >= 0.3 is 0 Å². The van der Waals surface area contributed by atoms with Crippen molar-refractivity contribution < 1.29 is 17.9 Å². The maximum atomic E-state index is 13.5. The van der Waals surface area contributed by atoms with Gasteiger partial charge in [-0.2, -0.15) is 5.10 Å². The van der Waals surface area contributed by atoms with E-state index in [1.807, 2.05) is 13.2 Å². The van der Waals surface area contributed by atoms with Crippen LogP contribution in [0.3, 0.4) is 0 Å². The second-order valence-electron chi connectivity index (χ2n) is 7.35. The predicted molar refractivity (Wildman–Crippen MR) is 142 cm³/mol. The van der Waals surface area contributed by atoms with Gasteiger partial charge in [-0.15, -0.1) is 11.8 Å². The molecule has 0 aliphatic heterocycles. The highest BCUT2D eigenvalue weighted by molar-refractivity contribution is 7.98. The quantitative estimate of drug-likeness (QED) is 0.221. The van der Waals surface area contributed by atoms with Crippen LogP contribution < -0.4 is 14.5 Å². The van der Waals surface area contributed by atoms with E-state index in [0.717, 1.165) is 14.8 Å². The predicted octanol–water partition coefficient (Wildman–Crippen LogP) is 5.20. The SMILES string of the molecule is CCOc1ccc(N(CC(=O)N/N=C(/C)c2ccc(Cl)cc2)S(=O)(=O)c2ccc(SC)cc2)cc1. The Bertz CT molecular complexity index is 1280. The monoisotopic (exact) mass is 531 g/mol. The largest absolute Gasteiger partial charge is 0.494 e. The van der Waals surface area contributed by atoms with Crippen LogP contribution in [0.25, 0.3) is 0 Å². The van der Waals surface area contributed by atoms with Gasteiger partial charge in [0.25, 0.3) is 15.9 Å². The molecule has 0 aliphatic carbocycles. The summed E-state index contributed by atoms with van der Waals surface area (Å²) in [7, 11) is -4.04. The van der Waals surface area contributed by atoms with Crippen LogP contribution in [0.4, 0.5) is 5.69 Å². The molecule has 1 amide bonds. The number of halogens is 1. The number of carbonyl (C=O) groups is 1. The minimum absolute atomic E-state index is 0.0813. The van der Waals surface area contributed by atoms with Gasteiger partial charge in [0.05, 0.1) is 22.9 Å². The Morgan fingerprint density at radius 2 is 1.66 bits per heavy atom. The molecule has 0 radical (unpaired) electrons. The van der Waals surface area contributed by atoms with Gasteiger partial charge in [0.1, 0.15) is 12.3 Å². The van der Waals surface area contributed by atoms with Crippen molar-refractivity contribution in [2.75, 3.05) is 23.7 Å². The highest BCUT2D eigenvalue weighted by Crippen LogP contribution is 2.27. The lowest BCUT2D eigenvalue weighted by molar-refractivity contribution is -0.119. The zero-order valence-electron chi connectivity index (χ0n) is 19.6. The molecule has 0 spiro atoms. The molecule has 0 saturated carbocycles. The number of hydrogen-bond acceptors (Lipinski definition) is 6. The molecular formula is C25H26ClN3O4S2. The van der Waals surface area contributed by atoms with Crippen molar-refractivity contribution in [1.82, 2.24) is 5.43 Å². The maximum Gasteiger partial charge on any atom is 0.264 e. The average Bonchev–Trinajstić information content (AvgIpc) is 2.87. The van der Waals surface area contributed by atoms with E-state index in [1.165, 1.54) is 23.9 Å². The zero-order chi connectivity index (χ0) is 25.4. The van der Waals surface area contributed by atoms with Crippen molar-refractivity contribution >= 4 is 50.7 Å². The molecular weight excluding hydrogens is 506 g/mol. The third-order valence-electron chi connectivity index (χ3n) is 4.98. The Balaban J connectivity index is 1.87. The average molecular weight is 532 g/mol. The van der Waals surface area contributed by atoms with E-state index in [1.54, 1.807) is 67.6 Å². The molecule has 0 atom stereocenters. The first-order chi connectivity index (χ1) is 16.7. The third-order valence-corrected chi connectivity index (χ3v) is 7.76. The van der Waals surface area contributed by atoms with E-state index in [9.17, 15) is 13.2 Å². The minimum atomic E-state index is -4.04. The number of amides is 1. The van der Waals surface area contributed by atoms with Gasteiger partial charge in [-0.05, 0) is 86.3 Å². The number of carbonyl (C=O) groups excluding carboxylic acids is 1. The Morgan fingerprint density at radius 1 is 1.03 bits per heavy atom. The summed E-state index contributed by atoms with van der Waals surface area (Å²) in [5, 5.41) is 4.71. The molecule has 0 fully saturated rings. The molecule has 0 bridgehead atoms. The number of benzene rings is 3. The van der Waals surface area contributed by atoms with Gasteiger partial charge in [-0.1, -0.05) is 23.7 Å². The molecule has 3 rings (SSSR count). The Morgan fingerprint density at radius 3 is 2.23 bits per heavy atom. The number of hydrazone groups is 1. The number of sulfonamides is 1. The van der Waals surface area contributed by atoms with Gasteiger partial charge in [-0.3, -0.25) is 9.10 Å². The van der Waals surface area contributed by atoms with Gasteiger partial charge < -0.3 is 4.74 Å². The van der Waals surface area contributed by atoms with Crippen molar-refractivity contribution in [2.24, 2.45) is 5.10 Å². The summed E-state index contributed by atoms with van der Waals surface area (Å²) < 4.78 is 33.6. The molecule has 3 aromatic carbocycles. The maximum absolute atomic E-state index is 13.5. The summed E-state index contributed by atoms with van der Waals surface area (Å²) in [4.78, 5) is 13.8. The van der Waals surface area contributed by atoms with E-state index in [4.69, 9.17) is 16.3 Å². The van der Waals surface area contributed by atoms with Crippen molar-refractivity contribution in [3.8, 4) is 5.75 Å². The first kappa shape index (κ1) is 26.6. The summed E-state index contributed by atoms with van der Waals surface area (Å²) >= 11 is 7.43. The minimum Gasteiger partial charge on any atom is -0.494 e. The lowest BCUT2D eigenvalue weighted by Gasteiger charge is -2.24. The van der Waals surface area contributed by atoms with E-state index in [0.29, 0.717) is 28.8 Å². The number of anilines is 1. The molecule has 0 aliphatic rings. The summed E-state index contributed by atoms with van der Waals surface area (Å²) in [6.07, 6.45) is 1.91. The molecule has 35 heavy (non-hydrogen) atoms. The van der Waals surface area contributed by atoms with Crippen LogP contribution in [0.2, 0.25) is 5.02 Å². The van der Waals surface area contributed by atoms with Crippen LogP contribution in [-0.2, 0) is 14.8 Å². The zero-order valence-corrected chi connectivity index (χ0v) is 22.0. The van der Waals surface area contributed by atoms with Crippen LogP contribution in [0.1, 0.15) is 19.4 Å². The van der Waals surface area contributed by atoms with Gasteiger partial charge in [0, 0.05) is 9.92 Å². The Hall–Kier alpha value is -3.01. The summed E-state index contributed by atoms with van der Waals surface area (Å²) in [6, 6.07) is 20.1. The van der Waals surface area contributed by atoms with E-state index in [2.05, 4.69) is 10.5 Å². The first-order valence-corrected chi connectivity index (χ1v) is 13.8. The summed E-state index contributed by atoms with van der Waals surface area (Å²) in [5.41, 5.74) is 4.11. The molecule has 0 unspecified atom stereocenters. The van der Waals surface area contributed by atoms with E-state index < -0.39 is 22.5 Å². The van der Waals surface area contributed by atoms with Crippen LogP contribution in [0.5, 0.6) is 5.75 Å². The van der Waals surface area contributed by atoms with Crippen molar-refractivity contribution in [1.29, 1.82) is 0 Å². The topological polar surface area (TPSA) is 88.1 Å². The molecule has 10 heteroatoms. The van der Waals surface area contributed by atoms with Crippen molar-refractivity contribution in [2.45, 2.75) is 23.6 Å². The number of ether oxygens (including phenoxy) is 1. The van der Waals surface area contributed by atoms with Crippen molar-refractivity contribution in [3.63, 3.8) is 0 Å². The smallest absolute Gasteiger partial charge is 0.264 e. The summed E-state index contributed by atoms with van der Waals surface area (Å²) in [6.45, 7) is 3.62. The lowest BCUT2D eigenvalue weighted by Crippen LogP contribution is -2.39. The Labute approximate surface area is 215 Å². The highest BCUT2D eigenvalue weighted by atomic mass is 35.5. The number of hydrogen-bond donors (Lipinski definition) is 1. The van der Waals surface area contributed by atoms with Gasteiger partial charge in [0.2, 0.25) is 0 Å². The fraction of sp³-hybridized carbons (Fsp3) is 0.200. The van der Waals surface area contributed by atoms with E-state index in [-0.39, 0.29) is 4.90 Å². The molecule has 7 nitrogen and oxygen atoms in total. The van der Waals surface area contributed by atoms with E-state index >= 15 is 0 Å². The van der Waals surface area contributed by atoms with Gasteiger partial charge in [0.15, 0.2) is 0 Å². The Kier molecular flexibility index (Phi) is 9.20. The second kappa shape index (κ2) is 12.1. The van der Waals surface area contributed by atoms with Crippen LogP contribution >= 0.6 is 23.4 Å². The molecule has 1 N–H and O–H groups in total. The van der Waals surface area contributed by atoms with Crippen LogP contribution in [0.15, 0.2) is 87.7 Å². The number of nitrogens with zero attached hydrogens (tertiary/aromatic N) is 2. The highest BCUT2D eigenvalue weighted by Gasteiger charge is 2.27. The van der Waals surface area contributed by atoms with Gasteiger partial charge in [-0.25, -0.2) is 13.8 Å². The number of rotatable bonds is 10. The molecule has 184 valence electrons. The second-order valence-corrected chi connectivity index (χ2v) is 10.5. The molecule has 0 heterocycles. The molecule has 3 aromatic rings. The van der Waals surface area contributed by atoms with Crippen molar-refractivity contribution in [3.05, 3.63) is 83.4 Å². The van der Waals surface area contributed by atoms with Crippen LogP contribution in [-0.4, -0.2) is 39.4 Å². The molecule has 0 saturated heterocycles. The third kappa shape index (κ3) is 7.00.